The number of rotatable bonds is 7. The first-order chi connectivity index (χ1) is 15.8. The average molecular weight is 447 g/mol. The van der Waals surface area contributed by atoms with Crippen molar-refractivity contribution < 1.29 is 28.6 Å². The summed E-state index contributed by atoms with van der Waals surface area (Å²) in [6.07, 6.45) is -0.510. The molecule has 1 atom stereocenters. The van der Waals surface area contributed by atoms with Crippen LogP contribution in [0.4, 0.5) is 4.39 Å². The van der Waals surface area contributed by atoms with Crippen molar-refractivity contribution in [1.29, 1.82) is 0 Å². The Morgan fingerprint density at radius 2 is 1.85 bits per heavy atom. The van der Waals surface area contributed by atoms with Crippen LogP contribution >= 0.6 is 0 Å². The largest absolute Gasteiger partial charge is 0.479 e. The smallest absolute Gasteiger partial charge is 0.338 e. The van der Waals surface area contributed by atoms with Gasteiger partial charge in [-0.15, -0.1) is 0 Å². The number of benzene rings is 3. The second kappa shape index (κ2) is 9.26. The monoisotopic (exact) mass is 447 g/mol. The van der Waals surface area contributed by atoms with Crippen molar-refractivity contribution in [3.05, 3.63) is 94.9 Å². The first-order valence-corrected chi connectivity index (χ1v) is 10.3. The fourth-order valence-corrected chi connectivity index (χ4v) is 3.59. The summed E-state index contributed by atoms with van der Waals surface area (Å²) in [5, 5.41) is 19.2. The Hall–Kier alpha value is -3.97. The molecular formula is C26H22FNO5. The molecule has 7 heteroatoms. The number of aromatic hydroxyl groups is 1. The number of aryl methyl sites for hydroxylation is 1. The van der Waals surface area contributed by atoms with Gasteiger partial charge >= 0.3 is 11.9 Å². The zero-order valence-corrected chi connectivity index (χ0v) is 18.1. The highest BCUT2D eigenvalue weighted by molar-refractivity contribution is 5.88. The predicted octanol–water partition coefficient (Wildman–Crippen LogP) is 6.14. The molecule has 4 rings (SSSR count). The number of carboxylic acids is 1. The molecule has 0 aliphatic rings. The fraction of sp³-hybridized carbons (Fsp3) is 0.154. The van der Waals surface area contributed by atoms with Gasteiger partial charge in [0.2, 0.25) is 5.89 Å². The molecule has 1 aromatic heterocycles. The van der Waals surface area contributed by atoms with E-state index in [4.69, 9.17) is 14.3 Å². The number of ether oxygens (including phenoxy) is 1. The third-order valence-electron chi connectivity index (χ3n) is 5.34. The fourth-order valence-electron chi connectivity index (χ4n) is 3.59. The molecule has 0 radical (unpaired) electrons. The normalized spacial score (nSPS) is 12.0. The van der Waals surface area contributed by atoms with E-state index in [-0.39, 0.29) is 18.1 Å². The summed E-state index contributed by atoms with van der Waals surface area (Å²) in [6, 6.07) is 19.0. The van der Waals surface area contributed by atoms with Crippen molar-refractivity contribution in [3.63, 3.8) is 0 Å². The van der Waals surface area contributed by atoms with Gasteiger partial charge in [-0.2, -0.15) is 0 Å². The first kappa shape index (κ1) is 22.2. The lowest BCUT2D eigenvalue weighted by Crippen LogP contribution is -2.02. The maximum absolute atomic E-state index is 14.1. The van der Waals surface area contributed by atoms with Crippen molar-refractivity contribution >= 4 is 5.97 Å². The number of hydrogen-bond donors (Lipinski definition) is 2. The maximum atomic E-state index is 14.1. The number of aromatic nitrogens is 1. The van der Waals surface area contributed by atoms with Crippen LogP contribution in [0.2, 0.25) is 0 Å². The van der Waals surface area contributed by atoms with Crippen LogP contribution in [0.15, 0.2) is 71.1 Å². The summed E-state index contributed by atoms with van der Waals surface area (Å²) in [5.74, 6) is -2.03. The highest BCUT2D eigenvalue weighted by Crippen LogP contribution is 2.32. The number of oxazole rings is 1. The van der Waals surface area contributed by atoms with E-state index in [9.17, 15) is 14.3 Å². The summed E-state index contributed by atoms with van der Waals surface area (Å²) >= 11 is 0. The van der Waals surface area contributed by atoms with E-state index in [1.54, 1.807) is 13.0 Å². The molecule has 0 spiro atoms. The van der Waals surface area contributed by atoms with Crippen LogP contribution in [0, 0.1) is 12.7 Å². The van der Waals surface area contributed by atoms with E-state index >= 15 is 0 Å². The maximum Gasteiger partial charge on any atom is 0.338 e. The van der Waals surface area contributed by atoms with Crippen LogP contribution in [0.3, 0.4) is 0 Å². The molecule has 3 aromatic carbocycles. The van der Waals surface area contributed by atoms with Crippen LogP contribution in [0.25, 0.3) is 22.6 Å². The van der Waals surface area contributed by atoms with Gasteiger partial charge in [-0.25, -0.2) is 14.2 Å². The number of carbonyl (C=O) groups is 1. The zero-order chi connectivity index (χ0) is 23.5. The van der Waals surface area contributed by atoms with Crippen molar-refractivity contribution in [2.24, 2.45) is 0 Å². The highest BCUT2D eigenvalue weighted by atomic mass is 19.1. The number of nitrogens with zero attached hydrogens (tertiary/aromatic N) is 1. The van der Waals surface area contributed by atoms with Crippen LogP contribution < -0.4 is 0 Å². The van der Waals surface area contributed by atoms with Gasteiger partial charge in [0.05, 0.1) is 12.2 Å². The van der Waals surface area contributed by atoms with Gasteiger partial charge in [-0.05, 0) is 60.4 Å². The Kier molecular flexibility index (Phi) is 6.24. The minimum atomic E-state index is -1.30. The van der Waals surface area contributed by atoms with E-state index in [1.165, 1.54) is 12.1 Å². The lowest BCUT2D eigenvalue weighted by Gasteiger charge is -2.13. The summed E-state index contributed by atoms with van der Waals surface area (Å²) in [7, 11) is 0. The van der Waals surface area contributed by atoms with Gasteiger partial charge in [0.1, 0.15) is 11.9 Å². The van der Waals surface area contributed by atoms with E-state index in [0.717, 1.165) is 22.3 Å². The highest BCUT2D eigenvalue weighted by Gasteiger charge is 2.20. The van der Waals surface area contributed by atoms with Crippen LogP contribution in [-0.4, -0.2) is 21.2 Å². The molecule has 0 aliphatic carbocycles. The molecule has 4 aromatic rings. The molecule has 1 heterocycles. The minimum Gasteiger partial charge on any atom is -0.479 e. The molecular weight excluding hydrogens is 425 g/mol. The van der Waals surface area contributed by atoms with Gasteiger partial charge in [-0.3, -0.25) is 0 Å². The molecule has 168 valence electrons. The van der Waals surface area contributed by atoms with Crippen LogP contribution in [0.1, 0.15) is 40.2 Å². The molecule has 6 nitrogen and oxygen atoms in total. The topological polar surface area (TPSA) is 92.8 Å². The number of halogens is 1. The van der Waals surface area contributed by atoms with Crippen molar-refractivity contribution in [1.82, 2.24) is 4.98 Å². The second-order valence-corrected chi connectivity index (χ2v) is 7.68. The zero-order valence-electron chi connectivity index (χ0n) is 18.1. The standard InChI is InChI=1S/C26H22FNO5/c1-15-12-17(8-10-20(15)19-9-11-21(25(29)30)22(27)13-19)14-32-16(2)23-26(31)33-24(28-23)18-6-4-3-5-7-18/h3-13,16,31H,14H2,1-2H3,(H,29,30). The third-order valence-corrected chi connectivity index (χ3v) is 5.34. The third kappa shape index (κ3) is 4.78. The Balaban J connectivity index is 1.46. The summed E-state index contributed by atoms with van der Waals surface area (Å²) < 4.78 is 25.4. The van der Waals surface area contributed by atoms with Gasteiger partial charge in [0, 0.05) is 5.56 Å². The van der Waals surface area contributed by atoms with Gasteiger partial charge in [0.25, 0.3) is 0 Å². The molecule has 0 aliphatic heterocycles. The van der Waals surface area contributed by atoms with Crippen LogP contribution in [-0.2, 0) is 11.3 Å². The molecule has 1 unspecified atom stereocenters. The predicted molar refractivity (Wildman–Crippen MR) is 120 cm³/mol. The molecule has 0 saturated heterocycles. The summed E-state index contributed by atoms with van der Waals surface area (Å²) in [4.78, 5) is 15.4. The van der Waals surface area contributed by atoms with Crippen LogP contribution in [0.5, 0.6) is 5.95 Å². The SMILES string of the molecule is Cc1cc(COC(C)c2nc(-c3ccccc3)oc2O)ccc1-c1ccc(C(=O)O)c(F)c1. The molecule has 33 heavy (non-hydrogen) atoms. The summed E-state index contributed by atoms with van der Waals surface area (Å²) in [6.45, 7) is 3.93. The van der Waals surface area contributed by atoms with E-state index in [0.29, 0.717) is 17.1 Å². The summed E-state index contributed by atoms with van der Waals surface area (Å²) in [5.41, 5.74) is 3.88. The van der Waals surface area contributed by atoms with E-state index < -0.39 is 17.9 Å². The Morgan fingerprint density at radius 3 is 2.52 bits per heavy atom. The molecule has 0 fully saturated rings. The number of hydrogen-bond acceptors (Lipinski definition) is 5. The van der Waals surface area contributed by atoms with Gasteiger partial charge in [0.15, 0.2) is 5.69 Å². The van der Waals surface area contributed by atoms with E-state index in [1.807, 2.05) is 55.5 Å². The van der Waals surface area contributed by atoms with Gasteiger partial charge < -0.3 is 19.4 Å². The van der Waals surface area contributed by atoms with Crippen molar-refractivity contribution in [3.8, 4) is 28.5 Å². The minimum absolute atomic E-state index is 0.265. The molecule has 0 saturated carbocycles. The Labute approximate surface area is 189 Å². The van der Waals surface area contributed by atoms with E-state index in [2.05, 4.69) is 4.98 Å². The van der Waals surface area contributed by atoms with Crippen molar-refractivity contribution in [2.75, 3.05) is 0 Å². The Morgan fingerprint density at radius 1 is 1.09 bits per heavy atom. The molecule has 2 N–H and O–H groups in total. The average Bonchev–Trinajstić information content (AvgIpc) is 3.19. The number of aromatic carboxylic acids is 1. The lowest BCUT2D eigenvalue weighted by molar-refractivity contribution is 0.0474. The second-order valence-electron chi connectivity index (χ2n) is 7.68. The quantitative estimate of drug-likeness (QED) is 0.354. The van der Waals surface area contributed by atoms with Crippen molar-refractivity contribution in [2.45, 2.75) is 26.6 Å². The lowest BCUT2D eigenvalue weighted by atomic mass is 9.97. The molecule has 0 bridgehead atoms. The van der Waals surface area contributed by atoms with Gasteiger partial charge in [-0.1, -0.05) is 42.5 Å². The number of carboxylic acid groups (broad SMARTS) is 1. The molecule has 0 amide bonds. The first-order valence-electron chi connectivity index (χ1n) is 10.3. The Bertz CT molecular complexity index is 1300.